The number of ether oxygens (including phenoxy) is 5. The van der Waals surface area contributed by atoms with Crippen LogP contribution in [0.5, 0.6) is 17.2 Å². The number of rotatable bonds is 9. The van der Waals surface area contributed by atoms with Crippen molar-refractivity contribution in [2.45, 2.75) is 6.92 Å². The highest BCUT2D eigenvalue weighted by atomic mass is 32.1. The van der Waals surface area contributed by atoms with Gasteiger partial charge in [0.05, 0.1) is 57.2 Å². The lowest BCUT2D eigenvalue weighted by Crippen LogP contribution is -2.16. The van der Waals surface area contributed by atoms with E-state index >= 15 is 0 Å². The summed E-state index contributed by atoms with van der Waals surface area (Å²) in [7, 11) is 6.69. The van der Waals surface area contributed by atoms with Crippen LogP contribution in [-0.2, 0) is 9.47 Å². The van der Waals surface area contributed by atoms with E-state index in [1.807, 2.05) is 0 Å². The first-order valence-electron chi connectivity index (χ1n) is 11.0. The normalized spacial score (nSPS) is 10.3. The zero-order valence-electron chi connectivity index (χ0n) is 21.5. The zero-order chi connectivity index (χ0) is 28.0. The van der Waals surface area contributed by atoms with E-state index in [9.17, 15) is 19.2 Å². The largest absolute Gasteiger partial charge is 0.493 e. The molecule has 200 valence electrons. The summed E-state index contributed by atoms with van der Waals surface area (Å²) in [6.45, 7) is 1.55. The van der Waals surface area contributed by atoms with Gasteiger partial charge in [-0.2, -0.15) is 0 Å². The molecule has 12 heteroatoms. The van der Waals surface area contributed by atoms with Crippen molar-refractivity contribution in [2.75, 3.05) is 46.2 Å². The predicted molar refractivity (Wildman–Crippen MR) is 140 cm³/mol. The molecule has 2 amide bonds. The third kappa shape index (κ3) is 5.54. The second-order valence-electron chi connectivity index (χ2n) is 7.61. The molecular formula is C26H26N2O9S. The first kappa shape index (κ1) is 28.0. The summed E-state index contributed by atoms with van der Waals surface area (Å²) < 4.78 is 25.6. The van der Waals surface area contributed by atoms with E-state index < -0.39 is 23.8 Å². The fourth-order valence-corrected chi connectivity index (χ4v) is 4.70. The van der Waals surface area contributed by atoms with Crippen molar-refractivity contribution < 1.29 is 42.9 Å². The van der Waals surface area contributed by atoms with Crippen molar-refractivity contribution in [1.82, 2.24) is 0 Å². The second kappa shape index (κ2) is 12.1. The van der Waals surface area contributed by atoms with E-state index in [1.165, 1.54) is 53.7 Å². The molecule has 0 unspecified atom stereocenters. The van der Waals surface area contributed by atoms with Gasteiger partial charge in [-0.3, -0.25) is 9.59 Å². The number of anilines is 2. The van der Waals surface area contributed by atoms with Crippen LogP contribution in [0.3, 0.4) is 0 Å². The standard InChI is InChI=1S/C26H26N2O9S/c1-13-19(26(32)37-6)24(28-22(29)14-11-17(33-2)20(35-4)18(12-14)34-3)38-21(13)23(30)27-16-10-8-7-9-15(16)25(31)36-5/h7-12H,1-6H3,(H,27,30)(H,28,29). The molecular weight excluding hydrogens is 516 g/mol. The summed E-state index contributed by atoms with van der Waals surface area (Å²) >= 11 is 0.880. The minimum atomic E-state index is -0.743. The molecule has 1 aromatic heterocycles. The SMILES string of the molecule is COC(=O)c1ccccc1NC(=O)c1sc(NC(=O)c2cc(OC)c(OC)c(OC)c2)c(C(=O)OC)c1C. The minimum Gasteiger partial charge on any atom is -0.493 e. The monoisotopic (exact) mass is 542 g/mol. The molecule has 38 heavy (non-hydrogen) atoms. The van der Waals surface area contributed by atoms with Gasteiger partial charge in [0.15, 0.2) is 11.5 Å². The Bertz CT molecular complexity index is 1370. The molecule has 0 aliphatic carbocycles. The fourth-order valence-electron chi connectivity index (χ4n) is 3.61. The van der Waals surface area contributed by atoms with Crippen LogP contribution in [0.2, 0.25) is 0 Å². The molecule has 0 saturated heterocycles. The lowest BCUT2D eigenvalue weighted by Gasteiger charge is -2.14. The van der Waals surface area contributed by atoms with Gasteiger partial charge in [0.1, 0.15) is 5.00 Å². The van der Waals surface area contributed by atoms with E-state index in [0.29, 0.717) is 5.75 Å². The van der Waals surface area contributed by atoms with Crippen LogP contribution in [0.1, 0.15) is 46.3 Å². The third-order valence-corrected chi connectivity index (χ3v) is 6.68. The second-order valence-corrected chi connectivity index (χ2v) is 8.63. The first-order valence-corrected chi connectivity index (χ1v) is 11.8. The molecule has 3 rings (SSSR count). The Hall–Kier alpha value is -4.58. The molecule has 0 atom stereocenters. The topological polar surface area (TPSA) is 138 Å². The number of hydrogen-bond donors (Lipinski definition) is 2. The summed E-state index contributed by atoms with van der Waals surface area (Å²) in [6, 6.07) is 9.22. The van der Waals surface area contributed by atoms with Gasteiger partial charge in [-0.15, -0.1) is 11.3 Å². The fraction of sp³-hybridized carbons (Fsp3) is 0.231. The molecule has 0 spiro atoms. The zero-order valence-corrected chi connectivity index (χ0v) is 22.4. The maximum absolute atomic E-state index is 13.2. The molecule has 2 N–H and O–H groups in total. The van der Waals surface area contributed by atoms with Crippen LogP contribution in [0.4, 0.5) is 10.7 Å². The van der Waals surface area contributed by atoms with Gasteiger partial charge in [-0.1, -0.05) is 12.1 Å². The summed E-state index contributed by atoms with van der Waals surface area (Å²) in [5.41, 5.74) is 0.834. The third-order valence-electron chi connectivity index (χ3n) is 5.48. The highest BCUT2D eigenvalue weighted by molar-refractivity contribution is 7.19. The summed E-state index contributed by atoms with van der Waals surface area (Å²) in [5.74, 6) is -1.74. The van der Waals surface area contributed by atoms with Crippen molar-refractivity contribution in [2.24, 2.45) is 0 Å². The molecule has 0 aliphatic rings. The number of methoxy groups -OCH3 is 5. The van der Waals surface area contributed by atoms with E-state index in [1.54, 1.807) is 25.1 Å². The average molecular weight is 543 g/mol. The Morgan fingerprint density at radius 2 is 1.37 bits per heavy atom. The maximum atomic E-state index is 13.2. The Kier molecular flexibility index (Phi) is 8.92. The molecule has 0 saturated carbocycles. The molecule has 11 nitrogen and oxygen atoms in total. The minimum absolute atomic E-state index is 0.0182. The molecule has 0 fully saturated rings. The van der Waals surface area contributed by atoms with Gasteiger partial charge in [0.2, 0.25) is 5.75 Å². The number of hydrogen-bond acceptors (Lipinski definition) is 10. The van der Waals surface area contributed by atoms with Crippen LogP contribution >= 0.6 is 11.3 Å². The van der Waals surface area contributed by atoms with E-state index in [-0.39, 0.29) is 49.3 Å². The van der Waals surface area contributed by atoms with Gasteiger partial charge >= 0.3 is 11.9 Å². The predicted octanol–water partition coefficient (Wildman–Crippen LogP) is 4.16. The number of carbonyl (C=O) groups excluding carboxylic acids is 4. The highest BCUT2D eigenvalue weighted by Crippen LogP contribution is 2.39. The van der Waals surface area contributed by atoms with Crippen molar-refractivity contribution in [3.8, 4) is 17.2 Å². The number of benzene rings is 2. The van der Waals surface area contributed by atoms with Gasteiger partial charge in [-0.25, -0.2) is 9.59 Å². The Morgan fingerprint density at radius 1 is 0.763 bits per heavy atom. The van der Waals surface area contributed by atoms with Gasteiger partial charge < -0.3 is 34.3 Å². The lowest BCUT2D eigenvalue weighted by molar-refractivity contribution is 0.0592. The van der Waals surface area contributed by atoms with Crippen molar-refractivity contribution >= 4 is 45.8 Å². The number of para-hydroxylation sites is 1. The van der Waals surface area contributed by atoms with Crippen LogP contribution in [-0.4, -0.2) is 59.3 Å². The van der Waals surface area contributed by atoms with Gasteiger partial charge in [0.25, 0.3) is 11.8 Å². The highest BCUT2D eigenvalue weighted by Gasteiger charge is 2.28. The van der Waals surface area contributed by atoms with Crippen LogP contribution in [0, 0.1) is 6.92 Å². The quantitative estimate of drug-likeness (QED) is 0.382. The Labute approximate surface area is 222 Å². The number of nitrogens with one attached hydrogen (secondary N) is 2. The van der Waals surface area contributed by atoms with Gasteiger partial charge in [0, 0.05) is 5.56 Å². The van der Waals surface area contributed by atoms with E-state index in [2.05, 4.69) is 10.6 Å². The van der Waals surface area contributed by atoms with Crippen molar-refractivity contribution in [1.29, 1.82) is 0 Å². The number of carbonyl (C=O) groups is 4. The Balaban J connectivity index is 2.00. The lowest BCUT2D eigenvalue weighted by atomic mass is 10.1. The summed E-state index contributed by atoms with van der Waals surface area (Å²) in [5, 5.41) is 5.44. The van der Waals surface area contributed by atoms with Crippen molar-refractivity contribution in [3.63, 3.8) is 0 Å². The average Bonchev–Trinajstić information content (AvgIpc) is 3.26. The number of esters is 2. The summed E-state index contributed by atoms with van der Waals surface area (Å²) in [4.78, 5) is 51.2. The van der Waals surface area contributed by atoms with Gasteiger partial charge in [-0.05, 0) is 36.8 Å². The number of thiophene rings is 1. The molecule has 1 heterocycles. The smallest absolute Gasteiger partial charge is 0.341 e. The summed E-state index contributed by atoms with van der Waals surface area (Å²) in [6.07, 6.45) is 0. The molecule has 0 radical (unpaired) electrons. The van der Waals surface area contributed by atoms with Crippen LogP contribution in [0.15, 0.2) is 36.4 Å². The molecule has 0 aliphatic heterocycles. The van der Waals surface area contributed by atoms with Crippen molar-refractivity contribution in [3.05, 3.63) is 63.5 Å². The number of amides is 2. The van der Waals surface area contributed by atoms with Crippen LogP contribution in [0.25, 0.3) is 0 Å². The first-order chi connectivity index (χ1) is 18.2. The van der Waals surface area contributed by atoms with Crippen LogP contribution < -0.4 is 24.8 Å². The van der Waals surface area contributed by atoms with E-state index in [4.69, 9.17) is 23.7 Å². The molecule has 3 aromatic rings. The van der Waals surface area contributed by atoms with E-state index in [0.717, 1.165) is 11.3 Å². The molecule has 2 aromatic carbocycles. The Morgan fingerprint density at radius 3 is 1.92 bits per heavy atom. The maximum Gasteiger partial charge on any atom is 0.341 e. The molecule has 0 bridgehead atoms.